The molecular formula is C77H94N12O13. The van der Waals surface area contributed by atoms with E-state index in [4.69, 9.17) is 20.5 Å². The van der Waals surface area contributed by atoms with E-state index >= 15 is 0 Å². The van der Waals surface area contributed by atoms with Crippen LogP contribution in [0.1, 0.15) is 115 Å². The van der Waals surface area contributed by atoms with Gasteiger partial charge in [-0.15, -0.1) is 0 Å². The van der Waals surface area contributed by atoms with Crippen molar-refractivity contribution in [1.82, 2.24) is 42.5 Å². The number of carbonyl (C=O) groups excluding carboxylic acids is 11. The monoisotopic (exact) mass is 1390 g/mol. The first-order valence-corrected chi connectivity index (χ1v) is 33.7. The molecule has 2 saturated heterocycles. The van der Waals surface area contributed by atoms with Crippen LogP contribution in [0.2, 0.25) is 0 Å². The molecule has 2 aliphatic heterocycles. The van der Waals surface area contributed by atoms with Crippen molar-refractivity contribution >= 4 is 87.3 Å². The number of hydrogen-bond donors (Lipinski definition) is 10. The molecule has 0 saturated carbocycles. The third-order valence-electron chi connectivity index (χ3n) is 16.6. The number of benzene rings is 6. The number of fused-ring (bicyclic) bond motifs is 2. The first kappa shape index (κ1) is 81.2. The van der Waals surface area contributed by atoms with Crippen LogP contribution in [0, 0.1) is 46.3 Å². The summed E-state index contributed by atoms with van der Waals surface area (Å²) in [6.07, 6.45) is 3.98. The third kappa shape index (κ3) is 27.3. The van der Waals surface area contributed by atoms with Crippen LogP contribution in [0.5, 0.6) is 0 Å². The van der Waals surface area contributed by atoms with Gasteiger partial charge in [-0.1, -0.05) is 181 Å². The summed E-state index contributed by atoms with van der Waals surface area (Å²) in [5.74, 6) is -4.97. The molecule has 8 atom stereocenters. The van der Waals surface area contributed by atoms with Gasteiger partial charge in [-0.2, -0.15) is 10.5 Å². The Morgan fingerprint density at radius 2 is 0.922 bits per heavy atom. The van der Waals surface area contributed by atoms with Gasteiger partial charge in [0.05, 0.1) is 12.1 Å². The van der Waals surface area contributed by atoms with E-state index in [1.165, 1.54) is 6.08 Å². The maximum Gasteiger partial charge on any atom is 0.408 e. The summed E-state index contributed by atoms with van der Waals surface area (Å²) in [6, 6.07) is 42.6. The van der Waals surface area contributed by atoms with Crippen molar-refractivity contribution in [2.45, 2.75) is 155 Å². The summed E-state index contributed by atoms with van der Waals surface area (Å²) >= 11 is 0. The lowest BCUT2D eigenvalue weighted by Crippen LogP contribution is -2.56. The molecule has 0 bridgehead atoms. The number of piperidine rings is 2. The van der Waals surface area contributed by atoms with Crippen LogP contribution in [0.25, 0.3) is 21.5 Å². The zero-order chi connectivity index (χ0) is 73.2. The van der Waals surface area contributed by atoms with Gasteiger partial charge < -0.3 is 68.3 Å². The van der Waals surface area contributed by atoms with E-state index in [1.54, 1.807) is 12.1 Å². The topological polar surface area (TPSA) is 402 Å². The number of alkyl carbamates (subject to hydrolysis) is 2. The molecule has 2 aliphatic rings. The Balaban J connectivity index is 0.000000338. The molecule has 2 fully saturated rings. The number of nitrogens with two attached hydrogens (primary N) is 2. The largest absolute Gasteiger partial charge is 0.445 e. The van der Waals surface area contributed by atoms with Crippen molar-refractivity contribution < 1.29 is 62.2 Å². The maximum absolute atomic E-state index is 14.0. The lowest BCUT2D eigenvalue weighted by molar-refractivity contribution is -0.132. The number of nitriles is 2. The molecule has 2 heterocycles. The molecule has 540 valence electrons. The molecule has 102 heavy (non-hydrogen) atoms. The van der Waals surface area contributed by atoms with Crippen LogP contribution in [-0.2, 0) is 78.7 Å². The van der Waals surface area contributed by atoms with Crippen molar-refractivity contribution in [3.8, 4) is 12.1 Å². The molecule has 8 rings (SSSR count). The summed E-state index contributed by atoms with van der Waals surface area (Å²) in [5.41, 5.74) is 12.8. The van der Waals surface area contributed by atoms with Crippen LogP contribution >= 0.6 is 0 Å². The smallest absolute Gasteiger partial charge is 0.408 e. The van der Waals surface area contributed by atoms with E-state index in [2.05, 4.69) is 48.3 Å². The van der Waals surface area contributed by atoms with Crippen molar-refractivity contribution in [3.05, 3.63) is 179 Å². The molecule has 10 amide bonds. The number of nitrogens with zero attached hydrogens (tertiary/aromatic N) is 2. The second kappa shape index (κ2) is 42.5. The molecule has 0 aliphatic carbocycles. The quantitative estimate of drug-likeness (QED) is 0.0119. The Kier molecular flexibility index (Phi) is 33.8. The van der Waals surface area contributed by atoms with Gasteiger partial charge in [-0.05, 0) is 113 Å². The Labute approximate surface area is 595 Å². The van der Waals surface area contributed by atoms with Gasteiger partial charge in [0, 0.05) is 43.8 Å². The molecule has 0 spiro atoms. The highest BCUT2D eigenvalue weighted by molar-refractivity contribution is 5.97. The van der Waals surface area contributed by atoms with Gasteiger partial charge in [-0.25, -0.2) is 9.59 Å². The van der Waals surface area contributed by atoms with E-state index in [0.717, 1.165) is 56.6 Å². The second-order valence-electron chi connectivity index (χ2n) is 25.5. The molecule has 6 aromatic rings. The average molecular weight is 1400 g/mol. The summed E-state index contributed by atoms with van der Waals surface area (Å²) < 4.78 is 10.9. The molecule has 25 heteroatoms. The summed E-state index contributed by atoms with van der Waals surface area (Å²) in [7, 11) is 0. The Morgan fingerprint density at radius 1 is 0.529 bits per heavy atom. The first-order valence-electron chi connectivity index (χ1n) is 33.7. The Bertz CT molecular complexity index is 3940. The fraction of sp³-hybridized carbons (Fsp3) is 0.390. The maximum atomic E-state index is 14.0. The zero-order valence-electron chi connectivity index (χ0n) is 57.2. The van der Waals surface area contributed by atoms with Crippen LogP contribution in [0.3, 0.4) is 0 Å². The molecule has 25 nitrogen and oxygen atoms in total. The highest BCUT2D eigenvalue weighted by Crippen LogP contribution is 2.24. The molecule has 12 N–H and O–H groups in total. The Hall–Kier alpha value is -11.5. The SMILES string of the molecule is C.CC(C)C[C@H](NC(=O)[C@H](Cc1cccc2ccccc12)NC(=O)OCc1ccccc1)C(=O)N[C@H](/C=C(\C#N)C(N)=O)C[C@@H]1CCCNC1=O.CC(C)C[C@H](NC(=O)[C@H](Cc1cccc2ccccc12)NC(=O)OCc1ccccc1)C(=O)N[C@H](C=O)C[C@@H]1CCCNC1=O.N#CCC(N)=O. The third-order valence-corrected chi connectivity index (χ3v) is 16.6. The number of primary amides is 2. The van der Waals surface area contributed by atoms with Gasteiger partial charge in [-0.3, -0.25) is 38.4 Å². The summed E-state index contributed by atoms with van der Waals surface area (Å²) in [6.45, 7) is 8.80. The predicted molar refractivity (Wildman–Crippen MR) is 385 cm³/mol. The number of aldehydes is 1. The molecular weight excluding hydrogens is 1300 g/mol. The number of hydrogen-bond acceptors (Lipinski definition) is 15. The number of amides is 10. The van der Waals surface area contributed by atoms with E-state index in [-0.39, 0.29) is 94.3 Å². The lowest BCUT2D eigenvalue weighted by Gasteiger charge is -2.28. The van der Waals surface area contributed by atoms with Crippen molar-refractivity contribution in [3.63, 3.8) is 0 Å². The molecule has 0 unspecified atom stereocenters. The number of nitrogens with one attached hydrogen (secondary N) is 8. The minimum Gasteiger partial charge on any atom is -0.445 e. The van der Waals surface area contributed by atoms with Crippen molar-refractivity contribution in [1.29, 1.82) is 10.5 Å². The molecule has 6 aromatic carbocycles. The normalized spacial score (nSPS) is 15.7. The van der Waals surface area contributed by atoms with E-state index in [9.17, 15) is 58.0 Å². The van der Waals surface area contributed by atoms with Gasteiger partial charge in [0.2, 0.25) is 41.4 Å². The lowest BCUT2D eigenvalue weighted by atomic mass is 9.90. The zero-order valence-corrected chi connectivity index (χ0v) is 57.2. The number of rotatable bonds is 30. The van der Waals surface area contributed by atoms with Gasteiger partial charge in [0.25, 0.3) is 5.91 Å². The van der Waals surface area contributed by atoms with E-state index in [1.807, 2.05) is 173 Å². The van der Waals surface area contributed by atoms with Crippen LogP contribution in [-0.4, -0.2) is 115 Å². The van der Waals surface area contributed by atoms with Crippen LogP contribution in [0.4, 0.5) is 9.59 Å². The van der Waals surface area contributed by atoms with Gasteiger partial charge in [0.1, 0.15) is 61.7 Å². The van der Waals surface area contributed by atoms with Crippen molar-refractivity contribution in [2.24, 2.45) is 35.1 Å². The van der Waals surface area contributed by atoms with Crippen molar-refractivity contribution in [2.75, 3.05) is 13.1 Å². The minimum atomic E-state index is -1.12. The Morgan fingerprint density at radius 3 is 1.29 bits per heavy atom. The van der Waals surface area contributed by atoms with Gasteiger partial charge >= 0.3 is 12.2 Å². The first-order chi connectivity index (χ1) is 48.5. The standard InChI is InChI=1S/C38H44N6O6.C35H42N4O6.C3H4N2O.CH4/c1-24(2)18-32(36(47)42-30(20-29(22-39)34(40)45)19-28-15-9-17-41-35(28)46)43-37(48)33(44-38(49)50-23-25-10-4-3-5-11-25)21-27-14-8-13-26-12-6-7-16-31(26)27;1-23(2)18-30(33(42)37-28(21-40)19-27-15-9-17-36-32(27)41)38-34(43)31(39-35(44)45-22-24-10-4-3-5-11-24)20-26-14-8-13-25-12-6-7-16-29(25)26;4-2-1-3(5)6;/h3-8,10-14,16,20,24,28,30,32-33H,9,15,17-19,21,23H2,1-2H3,(H2,40,45)(H,41,46)(H,42,47)(H,43,48)(H,44,49);3-8,10-14,16,21,23,27-28,30-31H,9,15,17-20,22H2,1-2H3,(H,36,41)(H,37,42)(H,38,43)(H,39,44);1H2,(H2,5,6);1H4/b29-20+;;;/t28-,30-,32-,33-;27-,28-,30-,31-;;/m00../s1. The fourth-order valence-electron chi connectivity index (χ4n) is 11.6. The van der Waals surface area contributed by atoms with E-state index < -0.39 is 89.8 Å². The number of ether oxygens (including phenoxy) is 2. The highest BCUT2D eigenvalue weighted by Gasteiger charge is 2.34. The van der Waals surface area contributed by atoms with Gasteiger partial charge in [0.15, 0.2) is 0 Å². The van der Waals surface area contributed by atoms with Crippen LogP contribution < -0.4 is 54.0 Å². The number of carbonyl (C=O) groups is 11. The molecule has 0 radical (unpaired) electrons. The van der Waals surface area contributed by atoms with Crippen LogP contribution in [0.15, 0.2) is 157 Å². The second-order valence-corrected chi connectivity index (χ2v) is 25.5. The summed E-state index contributed by atoms with van der Waals surface area (Å²) in [4.78, 5) is 139. The molecule has 0 aromatic heterocycles. The predicted octanol–water partition coefficient (Wildman–Crippen LogP) is 7.37. The van der Waals surface area contributed by atoms with E-state index in [0.29, 0.717) is 38.6 Å². The average Bonchev–Trinajstić information content (AvgIpc) is 0.825. The minimum absolute atomic E-state index is 0. The summed E-state index contributed by atoms with van der Waals surface area (Å²) in [5, 5.41) is 43.2. The highest BCUT2D eigenvalue weighted by atomic mass is 16.6. The fourth-order valence-corrected chi connectivity index (χ4v) is 11.6.